The van der Waals surface area contributed by atoms with Gasteiger partial charge in [0.15, 0.2) is 0 Å². The number of aliphatic carboxylic acids is 1. The highest BCUT2D eigenvalue weighted by molar-refractivity contribution is 5.71. The molecule has 3 heteroatoms. The van der Waals surface area contributed by atoms with Crippen molar-refractivity contribution < 1.29 is 15.0 Å². The first-order valence-electron chi connectivity index (χ1n) is 7.61. The molecule has 1 fully saturated rings. The second-order valence-electron chi connectivity index (χ2n) is 5.72. The van der Waals surface area contributed by atoms with E-state index in [-0.39, 0.29) is 5.92 Å². The second kappa shape index (κ2) is 6.40. The molecule has 1 aromatic rings. The lowest BCUT2D eigenvalue weighted by Crippen LogP contribution is -2.24. The second-order valence-corrected chi connectivity index (χ2v) is 5.72. The normalized spacial score (nSPS) is 23.8. The standard InChI is InChI=1S/C17H24O3/c1-3-11-8-9-12(4-2)15(10-11)16(18)13-6-5-7-14(13)17(19)20/h8-10,13-14,16,18H,3-7H2,1-2H3,(H,19,20). The van der Waals surface area contributed by atoms with Crippen LogP contribution in [0.1, 0.15) is 55.9 Å². The van der Waals surface area contributed by atoms with E-state index in [0.29, 0.717) is 6.42 Å². The lowest BCUT2D eigenvalue weighted by atomic mass is 9.84. The van der Waals surface area contributed by atoms with Crippen LogP contribution in [-0.2, 0) is 17.6 Å². The van der Waals surface area contributed by atoms with Crippen LogP contribution < -0.4 is 0 Å². The van der Waals surface area contributed by atoms with Gasteiger partial charge in [0.1, 0.15) is 0 Å². The van der Waals surface area contributed by atoms with Crippen molar-refractivity contribution >= 4 is 5.97 Å². The minimum Gasteiger partial charge on any atom is -0.481 e. The zero-order valence-electron chi connectivity index (χ0n) is 12.3. The first kappa shape index (κ1) is 15.0. The van der Waals surface area contributed by atoms with E-state index < -0.39 is 18.0 Å². The van der Waals surface area contributed by atoms with Crippen molar-refractivity contribution in [3.05, 3.63) is 34.9 Å². The molecule has 1 aliphatic carbocycles. The number of carboxylic acid groups (broad SMARTS) is 1. The topological polar surface area (TPSA) is 57.5 Å². The first-order valence-corrected chi connectivity index (χ1v) is 7.61. The van der Waals surface area contributed by atoms with Gasteiger partial charge in [-0.1, -0.05) is 38.5 Å². The molecular weight excluding hydrogens is 252 g/mol. The zero-order chi connectivity index (χ0) is 14.7. The summed E-state index contributed by atoms with van der Waals surface area (Å²) in [5.74, 6) is -1.32. The highest BCUT2D eigenvalue weighted by Gasteiger charge is 2.38. The molecule has 0 spiro atoms. The summed E-state index contributed by atoms with van der Waals surface area (Å²) < 4.78 is 0. The van der Waals surface area contributed by atoms with E-state index in [9.17, 15) is 15.0 Å². The Balaban J connectivity index is 2.32. The molecule has 1 aliphatic rings. The minimum absolute atomic E-state index is 0.148. The van der Waals surface area contributed by atoms with Crippen molar-refractivity contribution in [1.29, 1.82) is 0 Å². The number of benzene rings is 1. The summed E-state index contributed by atoms with van der Waals surface area (Å²) in [5, 5.41) is 20.0. The molecule has 0 aromatic heterocycles. The van der Waals surface area contributed by atoms with Crippen LogP contribution in [0.25, 0.3) is 0 Å². The van der Waals surface area contributed by atoms with Crippen LogP contribution >= 0.6 is 0 Å². The van der Waals surface area contributed by atoms with Gasteiger partial charge in [-0.2, -0.15) is 0 Å². The maximum Gasteiger partial charge on any atom is 0.306 e. The third kappa shape index (κ3) is 2.88. The Bertz CT molecular complexity index is 481. The molecule has 0 aliphatic heterocycles. The fraction of sp³-hybridized carbons (Fsp3) is 0.588. The molecule has 0 amide bonds. The van der Waals surface area contributed by atoms with Crippen LogP contribution in [-0.4, -0.2) is 16.2 Å². The summed E-state index contributed by atoms with van der Waals surface area (Å²) >= 11 is 0. The Kier molecular flexibility index (Phi) is 4.81. The van der Waals surface area contributed by atoms with Gasteiger partial charge in [-0.3, -0.25) is 4.79 Å². The van der Waals surface area contributed by atoms with E-state index in [0.717, 1.165) is 36.8 Å². The first-order chi connectivity index (χ1) is 9.58. The molecule has 3 unspecified atom stereocenters. The molecule has 0 heterocycles. The van der Waals surface area contributed by atoms with Gasteiger partial charge in [-0.25, -0.2) is 0 Å². The predicted molar refractivity (Wildman–Crippen MR) is 78.6 cm³/mol. The average molecular weight is 276 g/mol. The van der Waals surface area contributed by atoms with Crippen LogP contribution in [0.2, 0.25) is 0 Å². The largest absolute Gasteiger partial charge is 0.481 e. The van der Waals surface area contributed by atoms with Crippen molar-refractivity contribution in [2.24, 2.45) is 11.8 Å². The maximum absolute atomic E-state index is 11.3. The molecule has 2 N–H and O–H groups in total. The highest BCUT2D eigenvalue weighted by atomic mass is 16.4. The number of rotatable bonds is 5. The quantitative estimate of drug-likeness (QED) is 0.867. The van der Waals surface area contributed by atoms with Crippen molar-refractivity contribution in [1.82, 2.24) is 0 Å². The van der Waals surface area contributed by atoms with Crippen LogP contribution in [0, 0.1) is 11.8 Å². The molecule has 110 valence electrons. The smallest absolute Gasteiger partial charge is 0.306 e. The number of carboxylic acids is 1. The molecule has 1 saturated carbocycles. The Hall–Kier alpha value is -1.35. The van der Waals surface area contributed by atoms with Crippen molar-refractivity contribution in [3.8, 4) is 0 Å². The van der Waals surface area contributed by atoms with Gasteiger partial charge in [-0.15, -0.1) is 0 Å². The maximum atomic E-state index is 11.3. The molecule has 3 atom stereocenters. The number of carbonyl (C=O) groups is 1. The highest BCUT2D eigenvalue weighted by Crippen LogP contribution is 2.41. The molecule has 0 saturated heterocycles. The SMILES string of the molecule is CCc1ccc(CC)c(C(O)C2CCCC2C(=O)O)c1. The Morgan fingerprint density at radius 2 is 2.05 bits per heavy atom. The summed E-state index contributed by atoms with van der Waals surface area (Å²) in [4.78, 5) is 11.3. The van der Waals surface area contributed by atoms with Crippen molar-refractivity contribution in [2.45, 2.75) is 52.1 Å². The van der Waals surface area contributed by atoms with Crippen molar-refractivity contribution in [3.63, 3.8) is 0 Å². The van der Waals surface area contributed by atoms with E-state index in [1.54, 1.807) is 0 Å². The summed E-state index contributed by atoms with van der Waals surface area (Å²) in [5.41, 5.74) is 3.26. The summed E-state index contributed by atoms with van der Waals surface area (Å²) in [6.45, 7) is 4.16. The molecule has 20 heavy (non-hydrogen) atoms. The van der Waals surface area contributed by atoms with E-state index in [1.165, 1.54) is 5.56 Å². The Morgan fingerprint density at radius 3 is 2.65 bits per heavy atom. The van der Waals surface area contributed by atoms with Gasteiger partial charge >= 0.3 is 5.97 Å². The lowest BCUT2D eigenvalue weighted by molar-refractivity contribution is -0.144. The summed E-state index contributed by atoms with van der Waals surface area (Å²) in [7, 11) is 0. The number of hydrogen-bond acceptors (Lipinski definition) is 2. The van der Waals surface area contributed by atoms with Crippen molar-refractivity contribution in [2.75, 3.05) is 0 Å². The monoisotopic (exact) mass is 276 g/mol. The van der Waals surface area contributed by atoms with Crippen LogP contribution in [0.4, 0.5) is 0 Å². The minimum atomic E-state index is -0.767. The van der Waals surface area contributed by atoms with E-state index >= 15 is 0 Å². The van der Waals surface area contributed by atoms with Crippen LogP contribution in [0.15, 0.2) is 18.2 Å². The molecule has 1 aromatic carbocycles. The van der Waals surface area contributed by atoms with Gasteiger partial charge < -0.3 is 10.2 Å². The zero-order valence-corrected chi connectivity index (χ0v) is 12.3. The van der Waals surface area contributed by atoms with E-state index in [4.69, 9.17) is 0 Å². The van der Waals surface area contributed by atoms with Gasteiger partial charge in [0.2, 0.25) is 0 Å². The molecular formula is C17H24O3. The van der Waals surface area contributed by atoms with E-state index in [1.807, 2.05) is 0 Å². The fourth-order valence-corrected chi connectivity index (χ4v) is 3.37. The number of hydrogen-bond donors (Lipinski definition) is 2. The third-order valence-electron chi connectivity index (χ3n) is 4.61. The molecule has 0 radical (unpaired) electrons. The van der Waals surface area contributed by atoms with Crippen LogP contribution in [0.3, 0.4) is 0 Å². The summed E-state index contributed by atoms with van der Waals surface area (Å²) in [6.07, 6.45) is 3.52. The number of aryl methyl sites for hydroxylation is 2. The number of aliphatic hydroxyl groups is 1. The van der Waals surface area contributed by atoms with E-state index in [2.05, 4.69) is 32.0 Å². The van der Waals surface area contributed by atoms with Crippen LogP contribution in [0.5, 0.6) is 0 Å². The van der Waals surface area contributed by atoms with Gasteiger partial charge in [-0.05, 0) is 42.4 Å². The van der Waals surface area contributed by atoms with Gasteiger partial charge in [0.25, 0.3) is 0 Å². The number of aliphatic hydroxyl groups excluding tert-OH is 1. The fourth-order valence-electron chi connectivity index (χ4n) is 3.37. The van der Waals surface area contributed by atoms with Gasteiger partial charge in [0.05, 0.1) is 12.0 Å². The Morgan fingerprint density at radius 1 is 1.30 bits per heavy atom. The Labute approximate surface area is 120 Å². The molecule has 0 bridgehead atoms. The third-order valence-corrected chi connectivity index (χ3v) is 4.61. The average Bonchev–Trinajstić information content (AvgIpc) is 2.95. The van der Waals surface area contributed by atoms with Gasteiger partial charge in [0, 0.05) is 5.92 Å². The summed E-state index contributed by atoms with van der Waals surface area (Å²) in [6, 6.07) is 6.22. The molecule has 2 rings (SSSR count). The molecule has 3 nitrogen and oxygen atoms in total. The predicted octanol–water partition coefficient (Wildman–Crippen LogP) is 3.35. The lowest BCUT2D eigenvalue weighted by Gasteiger charge is -2.25.